The van der Waals surface area contributed by atoms with Crippen molar-refractivity contribution in [2.45, 2.75) is 19.9 Å². The summed E-state index contributed by atoms with van der Waals surface area (Å²) >= 11 is 0. The molecule has 0 unspecified atom stereocenters. The van der Waals surface area contributed by atoms with Crippen LogP contribution in [0, 0.1) is 10.1 Å². The average molecular weight is 341 g/mol. The van der Waals surface area contributed by atoms with Crippen LogP contribution in [-0.2, 0) is 17.8 Å². The molecule has 2 aromatic carbocycles. The van der Waals surface area contributed by atoms with Crippen LogP contribution in [0.3, 0.4) is 0 Å². The lowest BCUT2D eigenvalue weighted by Gasteiger charge is -2.22. The maximum Gasteiger partial charge on any atom is 0.269 e. The van der Waals surface area contributed by atoms with E-state index in [1.165, 1.54) is 12.1 Å². The second kappa shape index (κ2) is 8.28. The molecule has 0 radical (unpaired) electrons. The lowest BCUT2D eigenvalue weighted by atomic mass is 10.1. The first-order valence-corrected chi connectivity index (χ1v) is 8.18. The summed E-state index contributed by atoms with van der Waals surface area (Å²) in [7, 11) is 3.97. The van der Waals surface area contributed by atoms with Crippen LogP contribution in [0.4, 0.5) is 11.4 Å². The molecule has 0 atom stereocenters. The fourth-order valence-electron chi connectivity index (χ4n) is 2.52. The van der Waals surface area contributed by atoms with Crippen molar-refractivity contribution in [3.05, 3.63) is 69.8 Å². The Balaban J connectivity index is 2.01. The number of carbonyl (C=O) groups excluding carboxylic acids is 1. The van der Waals surface area contributed by atoms with E-state index in [0.29, 0.717) is 13.1 Å². The lowest BCUT2D eigenvalue weighted by molar-refractivity contribution is -0.384. The zero-order chi connectivity index (χ0) is 18.4. The molecule has 0 fully saturated rings. The van der Waals surface area contributed by atoms with Crippen LogP contribution in [0.1, 0.15) is 18.1 Å². The molecular weight excluding hydrogens is 318 g/mol. The second-order valence-corrected chi connectivity index (χ2v) is 6.07. The van der Waals surface area contributed by atoms with Crippen molar-refractivity contribution < 1.29 is 9.72 Å². The van der Waals surface area contributed by atoms with Gasteiger partial charge >= 0.3 is 0 Å². The molecule has 0 aliphatic heterocycles. The van der Waals surface area contributed by atoms with Gasteiger partial charge in [0.15, 0.2) is 0 Å². The van der Waals surface area contributed by atoms with E-state index >= 15 is 0 Å². The SMILES string of the molecule is CCN(Cc1ccc(N(C)C)cc1)C(=O)Cc1ccc([N+](=O)[O-])cc1. The first-order valence-electron chi connectivity index (χ1n) is 8.18. The van der Waals surface area contributed by atoms with Crippen LogP contribution in [0.5, 0.6) is 0 Å². The quantitative estimate of drug-likeness (QED) is 0.573. The van der Waals surface area contributed by atoms with Crippen molar-refractivity contribution in [2.75, 3.05) is 25.5 Å². The Morgan fingerprint density at radius 1 is 1.00 bits per heavy atom. The summed E-state index contributed by atoms with van der Waals surface area (Å²) in [5.74, 6) is 0.00744. The number of amides is 1. The van der Waals surface area contributed by atoms with Crippen LogP contribution < -0.4 is 4.90 Å². The molecule has 0 saturated heterocycles. The Hall–Kier alpha value is -2.89. The van der Waals surface area contributed by atoms with Gasteiger partial charge in [0.1, 0.15) is 0 Å². The third kappa shape index (κ3) is 5.04. The number of anilines is 1. The molecule has 25 heavy (non-hydrogen) atoms. The van der Waals surface area contributed by atoms with E-state index in [0.717, 1.165) is 16.8 Å². The lowest BCUT2D eigenvalue weighted by Crippen LogP contribution is -2.31. The molecule has 132 valence electrons. The van der Waals surface area contributed by atoms with Crippen LogP contribution >= 0.6 is 0 Å². The van der Waals surface area contributed by atoms with Gasteiger partial charge < -0.3 is 9.80 Å². The molecule has 0 bridgehead atoms. The molecule has 0 saturated carbocycles. The second-order valence-electron chi connectivity index (χ2n) is 6.07. The summed E-state index contributed by atoms with van der Waals surface area (Å²) in [6, 6.07) is 14.2. The van der Waals surface area contributed by atoms with E-state index in [4.69, 9.17) is 0 Å². The average Bonchev–Trinajstić information content (AvgIpc) is 2.60. The highest BCUT2D eigenvalue weighted by Crippen LogP contribution is 2.16. The number of likely N-dealkylation sites (N-methyl/N-ethyl adjacent to an activating group) is 1. The molecular formula is C19H23N3O3. The number of benzene rings is 2. The summed E-state index contributed by atoms with van der Waals surface area (Å²) in [5.41, 5.74) is 3.00. The third-order valence-electron chi connectivity index (χ3n) is 4.06. The van der Waals surface area contributed by atoms with Crippen molar-refractivity contribution in [1.29, 1.82) is 0 Å². The third-order valence-corrected chi connectivity index (χ3v) is 4.06. The first-order chi connectivity index (χ1) is 11.9. The highest BCUT2D eigenvalue weighted by molar-refractivity contribution is 5.78. The fraction of sp³-hybridized carbons (Fsp3) is 0.316. The highest BCUT2D eigenvalue weighted by atomic mass is 16.6. The van der Waals surface area contributed by atoms with Gasteiger partial charge in [-0.05, 0) is 30.2 Å². The minimum atomic E-state index is -0.443. The summed E-state index contributed by atoms with van der Waals surface area (Å²) in [6.07, 6.45) is 0.238. The smallest absolute Gasteiger partial charge is 0.269 e. The Morgan fingerprint density at radius 2 is 1.56 bits per heavy atom. The van der Waals surface area contributed by atoms with Crippen LogP contribution in [0.15, 0.2) is 48.5 Å². The van der Waals surface area contributed by atoms with Crippen LogP contribution in [0.25, 0.3) is 0 Å². The van der Waals surface area contributed by atoms with E-state index in [-0.39, 0.29) is 18.0 Å². The van der Waals surface area contributed by atoms with Crippen molar-refractivity contribution in [2.24, 2.45) is 0 Å². The molecule has 0 aromatic heterocycles. The van der Waals surface area contributed by atoms with Gasteiger partial charge in [0, 0.05) is 45.0 Å². The molecule has 6 heteroatoms. The summed E-state index contributed by atoms with van der Waals surface area (Å²) in [4.78, 5) is 26.6. The number of carbonyl (C=O) groups is 1. The molecule has 0 aliphatic carbocycles. The molecule has 0 aliphatic rings. The number of non-ortho nitro benzene ring substituents is 1. The molecule has 0 spiro atoms. The van der Waals surface area contributed by atoms with Crippen molar-refractivity contribution in [3.8, 4) is 0 Å². The largest absolute Gasteiger partial charge is 0.378 e. The van der Waals surface area contributed by atoms with Crippen LogP contribution in [0.2, 0.25) is 0 Å². The number of nitrogens with zero attached hydrogens (tertiary/aromatic N) is 3. The monoisotopic (exact) mass is 341 g/mol. The zero-order valence-corrected chi connectivity index (χ0v) is 14.8. The van der Waals surface area contributed by atoms with Gasteiger partial charge in [0.25, 0.3) is 5.69 Å². The van der Waals surface area contributed by atoms with Crippen LogP contribution in [-0.4, -0.2) is 36.4 Å². The number of nitro groups is 1. The van der Waals surface area contributed by atoms with Gasteiger partial charge in [-0.15, -0.1) is 0 Å². The standard InChI is InChI=1S/C19H23N3O3/c1-4-21(14-16-7-9-17(10-8-16)20(2)3)19(23)13-15-5-11-18(12-6-15)22(24)25/h5-12H,4,13-14H2,1-3H3. The molecule has 0 heterocycles. The Morgan fingerprint density at radius 3 is 2.04 bits per heavy atom. The number of hydrogen-bond donors (Lipinski definition) is 0. The van der Waals surface area contributed by atoms with E-state index < -0.39 is 4.92 Å². The van der Waals surface area contributed by atoms with Gasteiger partial charge in [-0.2, -0.15) is 0 Å². The minimum Gasteiger partial charge on any atom is -0.378 e. The Bertz CT molecular complexity index is 725. The van der Waals surface area contributed by atoms with Crippen molar-refractivity contribution in [1.82, 2.24) is 4.90 Å². The van der Waals surface area contributed by atoms with Gasteiger partial charge in [0.05, 0.1) is 11.3 Å². The summed E-state index contributed by atoms with van der Waals surface area (Å²) in [6.45, 7) is 3.11. The number of rotatable bonds is 7. The zero-order valence-electron chi connectivity index (χ0n) is 14.8. The van der Waals surface area contributed by atoms with Gasteiger partial charge in [-0.25, -0.2) is 0 Å². The van der Waals surface area contributed by atoms with E-state index in [2.05, 4.69) is 0 Å². The number of hydrogen-bond acceptors (Lipinski definition) is 4. The molecule has 2 rings (SSSR count). The van der Waals surface area contributed by atoms with E-state index in [1.54, 1.807) is 17.0 Å². The van der Waals surface area contributed by atoms with E-state index in [1.807, 2.05) is 50.2 Å². The van der Waals surface area contributed by atoms with Gasteiger partial charge in [-0.1, -0.05) is 24.3 Å². The topological polar surface area (TPSA) is 66.7 Å². The Labute approximate surface area is 147 Å². The van der Waals surface area contributed by atoms with E-state index in [9.17, 15) is 14.9 Å². The van der Waals surface area contributed by atoms with Gasteiger partial charge in [0.2, 0.25) is 5.91 Å². The maximum absolute atomic E-state index is 12.5. The van der Waals surface area contributed by atoms with Crippen molar-refractivity contribution >= 4 is 17.3 Å². The van der Waals surface area contributed by atoms with Gasteiger partial charge in [-0.3, -0.25) is 14.9 Å². The predicted octanol–water partition coefficient (Wildman–Crippen LogP) is 3.25. The minimum absolute atomic E-state index is 0.00744. The molecule has 6 nitrogen and oxygen atoms in total. The fourth-order valence-corrected chi connectivity index (χ4v) is 2.52. The summed E-state index contributed by atoms with van der Waals surface area (Å²) < 4.78 is 0. The summed E-state index contributed by atoms with van der Waals surface area (Å²) in [5, 5.41) is 10.7. The molecule has 1 amide bonds. The maximum atomic E-state index is 12.5. The molecule has 0 N–H and O–H groups in total. The normalized spacial score (nSPS) is 10.4. The Kier molecular flexibility index (Phi) is 6.11. The van der Waals surface area contributed by atoms with Crippen molar-refractivity contribution in [3.63, 3.8) is 0 Å². The molecule has 2 aromatic rings. The predicted molar refractivity (Wildman–Crippen MR) is 98.7 cm³/mol. The highest BCUT2D eigenvalue weighted by Gasteiger charge is 2.14. The first kappa shape index (κ1) is 18.4. The number of nitro benzene ring substituents is 1.